The van der Waals surface area contributed by atoms with Crippen LogP contribution < -0.4 is 10.1 Å². The van der Waals surface area contributed by atoms with E-state index in [0.717, 1.165) is 44.4 Å². The summed E-state index contributed by atoms with van der Waals surface area (Å²) in [5.74, 6) is 0.919. The predicted octanol–water partition coefficient (Wildman–Crippen LogP) is 2.16. The lowest BCUT2D eigenvalue weighted by Gasteiger charge is -2.61. The maximum Gasteiger partial charge on any atom is 0.119 e. The van der Waals surface area contributed by atoms with Crippen LogP contribution in [0.5, 0.6) is 5.75 Å². The molecule has 1 aromatic carbocycles. The summed E-state index contributed by atoms with van der Waals surface area (Å²) in [6, 6.07) is 6.66. The topological polar surface area (TPSA) is 41.5 Å². The van der Waals surface area contributed by atoms with Crippen LogP contribution in [0.3, 0.4) is 0 Å². The van der Waals surface area contributed by atoms with Gasteiger partial charge in [0, 0.05) is 11.5 Å². The molecule has 1 saturated heterocycles. The van der Waals surface area contributed by atoms with E-state index in [4.69, 9.17) is 4.74 Å². The van der Waals surface area contributed by atoms with Gasteiger partial charge >= 0.3 is 0 Å². The molecule has 20 heavy (non-hydrogen) atoms. The first-order chi connectivity index (χ1) is 9.69. The van der Waals surface area contributed by atoms with E-state index in [-0.39, 0.29) is 11.5 Å². The molecule has 1 aliphatic heterocycles. The molecule has 2 fully saturated rings. The average Bonchev–Trinajstić information content (AvgIpc) is 2.46. The third kappa shape index (κ3) is 1.43. The second-order valence-corrected chi connectivity index (χ2v) is 6.70. The maximum atomic E-state index is 11.5. The Balaban J connectivity index is 1.93. The fraction of sp³-hybridized carbons (Fsp3) is 0.647. The van der Waals surface area contributed by atoms with E-state index in [1.807, 2.05) is 0 Å². The molecule has 3 nitrogen and oxygen atoms in total. The highest BCUT2D eigenvalue weighted by molar-refractivity contribution is 5.48. The van der Waals surface area contributed by atoms with Crippen molar-refractivity contribution in [3.8, 4) is 5.75 Å². The molecular formula is C17H23NO2. The van der Waals surface area contributed by atoms with Gasteiger partial charge in [0.15, 0.2) is 0 Å². The predicted molar refractivity (Wildman–Crippen MR) is 78.2 cm³/mol. The third-order valence-electron chi connectivity index (χ3n) is 6.02. The molecule has 2 bridgehead atoms. The van der Waals surface area contributed by atoms with Gasteiger partial charge in [0.2, 0.25) is 0 Å². The minimum Gasteiger partial charge on any atom is -0.497 e. The van der Waals surface area contributed by atoms with Crippen molar-refractivity contribution in [1.29, 1.82) is 0 Å². The Kier molecular flexibility index (Phi) is 2.67. The van der Waals surface area contributed by atoms with E-state index in [0.29, 0.717) is 0 Å². The lowest BCUT2D eigenvalue weighted by atomic mass is 9.50. The molecule has 3 atom stereocenters. The van der Waals surface area contributed by atoms with E-state index in [9.17, 15) is 5.11 Å². The number of piperidine rings is 1. The van der Waals surface area contributed by atoms with Crippen LogP contribution in [0.1, 0.15) is 43.2 Å². The Morgan fingerprint density at radius 1 is 1.25 bits per heavy atom. The Morgan fingerprint density at radius 3 is 2.95 bits per heavy atom. The highest BCUT2D eigenvalue weighted by Gasteiger charge is 2.61. The van der Waals surface area contributed by atoms with Crippen LogP contribution in [0.2, 0.25) is 0 Å². The molecule has 0 amide bonds. The summed E-state index contributed by atoms with van der Waals surface area (Å²) < 4.78 is 5.43. The van der Waals surface area contributed by atoms with Crippen molar-refractivity contribution >= 4 is 0 Å². The second kappa shape index (κ2) is 4.22. The molecule has 0 unspecified atom stereocenters. The zero-order valence-corrected chi connectivity index (χ0v) is 12.1. The minimum atomic E-state index is -0.567. The summed E-state index contributed by atoms with van der Waals surface area (Å²) in [4.78, 5) is 0. The first-order valence-corrected chi connectivity index (χ1v) is 7.83. The Labute approximate surface area is 120 Å². The molecule has 2 N–H and O–H groups in total. The number of methoxy groups -OCH3 is 1. The average molecular weight is 273 g/mol. The van der Waals surface area contributed by atoms with Crippen LogP contribution in [-0.2, 0) is 11.8 Å². The first kappa shape index (κ1) is 12.7. The lowest BCUT2D eigenvalue weighted by molar-refractivity contribution is -0.124. The first-order valence-electron chi connectivity index (χ1n) is 7.83. The van der Waals surface area contributed by atoms with Gasteiger partial charge in [0.1, 0.15) is 5.75 Å². The number of rotatable bonds is 1. The highest BCUT2D eigenvalue weighted by atomic mass is 16.5. The van der Waals surface area contributed by atoms with Crippen molar-refractivity contribution in [1.82, 2.24) is 5.32 Å². The monoisotopic (exact) mass is 273 g/mol. The molecule has 3 heteroatoms. The van der Waals surface area contributed by atoms with E-state index in [1.54, 1.807) is 7.11 Å². The van der Waals surface area contributed by atoms with Crippen LogP contribution in [0, 0.1) is 0 Å². The van der Waals surface area contributed by atoms with Crippen LogP contribution in [0.25, 0.3) is 0 Å². The molecule has 1 aromatic rings. The van der Waals surface area contributed by atoms with Crippen LogP contribution in [-0.4, -0.2) is 30.4 Å². The Morgan fingerprint density at radius 2 is 2.10 bits per heavy atom. The zero-order valence-electron chi connectivity index (χ0n) is 12.1. The molecule has 4 rings (SSSR count). The molecule has 0 spiro atoms. The van der Waals surface area contributed by atoms with Gasteiger partial charge in [-0.05, 0) is 55.5 Å². The van der Waals surface area contributed by atoms with Gasteiger partial charge in [-0.2, -0.15) is 0 Å². The Bertz CT molecular complexity index is 540. The number of hydrogen-bond acceptors (Lipinski definition) is 3. The maximum absolute atomic E-state index is 11.5. The summed E-state index contributed by atoms with van der Waals surface area (Å²) in [7, 11) is 1.72. The normalized spacial score (nSPS) is 38.8. The molecule has 0 aromatic heterocycles. The smallest absolute Gasteiger partial charge is 0.119 e. The fourth-order valence-electron chi connectivity index (χ4n) is 5.02. The van der Waals surface area contributed by atoms with Crippen molar-refractivity contribution < 1.29 is 9.84 Å². The van der Waals surface area contributed by atoms with E-state index in [2.05, 4.69) is 23.5 Å². The summed E-state index contributed by atoms with van der Waals surface area (Å²) in [5, 5.41) is 15.0. The van der Waals surface area contributed by atoms with Gasteiger partial charge in [-0.25, -0.2) is 0 Å². The third-order valence-corrected chi connectivity index (χ3v) is 6.02. The van der Waals surface area contributed by atoms with Gasteiger partial charge in [0.25, 0.3) is 0 Å². The molecule has 2 aliphatic carbocycles. The molecule has 1 heterocycles. The van der Waals surface area contributed by atoms with Crippen molar-refractivity contribution in [3.05, 3.63) is 29.3 Å². The van der Waals surface area contributed by atoms with Crippen LogP contribution >= 0.6 is 0 Å². The summed E-state index contributed by atoms with van der Waals surface area (Å²) >= 11 is 0. The Hall–Kier alpha value is -1.06. The number of hydrogen-bond donors (Lipinski definition) is 2. The number of benzene rings is 1. The van der Waals surface area contributed by atoms with Crippen molar-refractivity contribution in [3.63, 3.8) is 0 Å². The molecular weight excluding hydrogens is 250 g/mol. The standard InChI is InChI=1S/C17H23NO2/c1-20-13-5-4-12-10-15-17(19)7-3-2-6-16(17,8-9-18-15)14(12)11-13/h4-5,11,15,18-19H,2-3,6-10H2,1H3/t15-,16+,17+/m0/s1. The van der Waals surface area contributed by atoms with Crippen molar-refractivity contribution in [2.75, 3.05) is 13.7 Å². The summed E-state index contributed by atoms with van der Waals surface area (Å²) in [5.41, 5.74) is 2.14. The van der Waals surface area contributed by atoms with Gasteiger partial charge in [-0.3, -0.25) is 0 Å². The van der Waals surface area contributed by atoms with Crippen molar-refractivity contribution in [2.24, 2.45) is 0 Å². The van der Waals surface area contributed by atoms with Crippen LogP contribution in [0.4, 0.5) is 0 Å². The largest absolute Gasteiger partial charge is 0.497 e. The van der Waals surface area contributed by atoms with E-state index < -0.39 is 5.60 Å². The molecule has 3 aliphatic rings. The van der Waals surface area contributed by atoms with Gasteiger partial charge in [-0.15, -0.1) is 0 Å². The minimum absolute atomic E-state index is 0.0523. The number of fused-ring (bicyclic) bond motifs is 1. The summed E-state index contributed by atoms with van der Waals surface area (Å²) in [6.45, 7) is 1.02. The highest BCUT2D eigenvalue weighted by Crippen LogP contribution is 2.56. The molecule has 108 valence electrons. The number of nitrogens with one attached hydrogen (secondary N) is 1. The fourth-order valence-corrected chi connectivity index (χ4v) is 5.02. The van der Waals surface area contributed by atoms with Crippen molar-refractivity contribution in [2.45, 2.75) is 55.6 Å². The van der Waals surface area contributed by atoms with Gasteiger partial charge in [-0.1, -0.05) is 18.9 Å². The van der Waals surface area contributed by atoms with E-state index in [1.165, 1.54) is 17.5 Å². The molecule has 1 saturated carbocycles. The van der Waals surface area contributed by atoms with Gasteiger partial charge < -0.3 is 15.2 Å². The summed E-state index contributed by atoms with van der Waals surface area (Å²) in [6.07, 6.45) is 6.41. The second-order valence-electron chi connectivity index (χ2n) is 6.70. The quantitative estimate of drug-likeness (QED) is 0.824. The van der Waals surface area contributed by atoms with Crippen LogP contribution in [0.15, 0.2) is 18.2 Å². The number of aliphatic hydroxyl groups is 1. The van der Waals surface area contributed by atoms with E-state index >= 15 is 0 Å². The molecule has 0 radical (unpaired) electrons. The zero-order chi connectivity index (χ0) is 13.8. The SMILES string of the molecule is COc1ccc2c(c1)[C@]13CCCC[C@@]1(O)[C@H](C2)NCC3. The van der Waals surface area contributed by atoms with Gasteiger partial charge in [0.05, 0.1) is 12.7 Å². The number of ether oxygens (including phenoxy) is 1. The lowest BCUT2D eigenvalue weighted by Crippen LogP contribution is -2.71.